The van der Waals surface area contributed by atoms with Crippen LogP contribution in [0.3, 0.4) is 0 Å². The second kappa shape index (κ2) is 5.01. The molecule has 1 N–H and O–H groups in total. The number of anilines is 2. The van der Waals surface area contributed by atoms with Crippen LogP contribution >= 0.6 is 0 Å². The highest BCUT2D eigenvalue weighted by Crippen LogP contribution is 2.18. The Morgan fingerprint density at radius 1 is 1.27 bits per heavy atom. The summed E-state index contributed by atoms with van der Waals surface area (Å²) >= 11 is 0. The zero-order valence-electron chi connectivity index (χ0n) is 9.37. The molecule has 0 unspecified atom stereocenters. The van der Waals surface area contributed by atoms with Gasteiger partial charge in [-0.3, -0.25) is 0 Å². The maximum Gasteiger partial charge on any atom is 0.130 e. The summed E-state index contributed by atoms with van der Waals surface area (Å²) in [5, 5.41) is 3.25. The molecular weight excluding hydrogens is 186 g/mol. The number of rotatable bonds is 3. The molecule has 3 nitrogen and oxygen atoms in total. The standard InChI is InChI=1S/C12H19N3/c1-2-13-11-7-6-8-12(14-11)15-9-4-3-5-10-15/h6-8H,2-5,9-10H2,1H3,(H,13,14). The molecule has 1 aromatic rings. The number of hydrogen-bond acceptors (Lipinski definition) is 3. The molecule has 0 amide bonds. The highest BCUT2D eigenvalue weighted by molar-refractivity contribution is 5.47. The molecule has 0 saturated carbocycles. The molecule has 0 aromatic carbocycles. The van der Waals surface area contributed by atoms with Gasteiger partial charge in [-0.15, -0.1) is 0 Å². The zero-order valence-corrected chi connectivity index (χ0v) is 9.37. The van der Waals surface area contributed by atoms with Crippen LogP contribution < -0.4 is 10.2 Å². The molecule has 1 aliphatic rings. The molecule has 1 aliphatic heterocycles. The predicted octanol–water partition coefficient (Wildman–Crippen LogP) is 2.50. The SMILES string of the molecule is CCNc1cccc(N2CCCCC2)n1. The van der Waals surface area contributed by atoms with Crippen LogP contribution in [-0.2, 0) is 0 Å². The summed E-state index contributed by atoms with van der Waals surface area (Å²) in [6.45, 7) is 5.33. The molecule has 15 heavy (non-hydrogen) atoms. The Kier molecular flexibility index (Phi) is 3.43. The Morgan fingerprint density at radius 3 is 2.80 bits per heavy atom. The Hall–Kier alpha value is -1.25. The van der Waals surface area contributed by atoms with Crippen LogP contribution in [-0.4, -0.2) is 24.6 Å². The van der Waals surface area contributed by atoms with E-state index in [2.05, 4.69) is 34.3 Å². The Balaban J connectivity index is 2.09. The van der Waals surface area contributed by atoms with Crippen molar-refractivity contribution in [3.05, 3.63) is 18.2 Å². The molecule has 1 saturated heterocycles. The normalized spacial score (nSPS) is 16.5. The molecule has 0 bridgehead atoms. The van der Waals surface area contributed by atoms with Gasteiger partial charge in [-0.1, -0.05) is 6.07 Å². The first-order chi connectivity index (χ1) is 7.40. The highest BCUT2D eigenvalue weighted by atomic mass is 15.2. The molecule has 0 spiro atoms. The van der Waals surface area contributed by atoms with Gasteiger partial charge in [0.15, 0.2) is 0 Å². The van der Waals surface area contributed by atoms with E-state index in [1.54, 1.807) is 0 Å². The second-order valence-corrected chi connectivity index (χ2v) is 3.96. The fourth-order valence-electron chi connectivity index (χ4n) is 2.00. The topological polar surface area (TPSA) is 28.2 Å². The number of aromatic nitrogens is 1. The summed E-state index contributed by atoms with van der Waals surface area (Å²) in [5.74, 6) is 2.11. The molecule has 0 radical (unpaired) electrons. The molecule has 3 heteroatoms. The maximum absolute atomic E-state index is 4.60. The van der Waals surface area contributed by atoms with Gasteiger partial charge in [0.2, 0.25) is 0 Å². The van der Waals surface area contributed by atoms with Gasteiger partial charge < -0.3 is 10.2 Å². The van der Waals surface area contributed by atoms with Crippen molar-refractivity contribution in [1.82, 2.24) is 4.98 Å². The van der Waals surface area contributed by atoms with Crippen molar-refractivity contribution >= 4 is 11.6 Å². The first-order valence-corrected chi connectivity index (χ1v) is 5.86. The minimum Gasteiger partial charge on any atom is -0.370 e. The van der Waals surface area contributed by atoms with Crippen molar-refractivity contribution in [2.24, 2.45) is 0 Å². The molecule has 1 aromatic heterocycles. The fraction of sp³-hybridized carbons (Fsp3) is 0.583. The lowest BCUT2D eigenvalue weighted by atomic mass is 10.1. The van der Waals surface area contributed by atoms with Crippen LogP contribution in [0.1, 0.15) is 26.2 Å². The number of nitrogens with zero attached hydrogens (tertiary/aromatic N) is 2. The van der Waals surface area contributed by atoms with E-state index < -0.39 is 0 Å². The lowest BCUT2D eigenvalue weighted by molar-refractivity contribution is 0.573. The summed E-state index contributed by atoms with van der Waals surface area (Å²) in [6, 6.07) is 6.21. The van der Waals surface area contributed by atoms with E-state index in [1.165, 1.54) is 19.3 Å². The van der Waals surface area contributed by atoms with E-state index in [9.17, 15) is 0 Å². The van der Waals surface area contributed by atoms with Crippen LogP contribution in [0.4, 0.5) is 11.6 Å². The van der Waals surface area contributed by atoms with E-state index in [0.717, 1.165) is 31.3 Å². The van der Waals surface area contributed by atoms with Crippen LogP contribution in [0.2, 0.25) is 0 Å². The van der Waals surface area contributed by atoms with Crippen molar-refractivity contribution in [2.45, 2.75) is 26.2 Å². The third-order valence-corrected chi connectivity index (χ3v) is 2.77. The third kappa shape index (κ3) is 2.61. The first kappa shape index (κ1) is 10.3. The van der Waals surface area contributed by atoms with Gasteiger partial charge in [0.05, 0.1) is 0 Å². The molecule has 1 fully saturated rings. The number of nitrogens with one attached hydrogen (secondary N) is 1. The van der Waals surface area contributed by atoms with Gasteiger partial charge in [-0.05, 0) is 38.3 Å². The van der Waals surface area contributed by atoms with Crippen LogP contribution in [0.25, 0.3) is 0 Å². The van der Waals surface area contributed by atoms with Crippen LogP contribution in [0, 0.1) is 0 Å². The largest absolute Gasteiger partial charge is 0.370 e. The maximum atomic E-state index is 4.60. The van der Waals surface area contributed by atoms with Gasteiger partial charge in [0.1, 0.15) is 11.6 Å². The first-order valence-electron chi connectivity index (χ1n) is 5.86. The van der Waals surface area contributed by atoms with Gasteiger partial charge >= 0.3 is 0 Å². The molecule has 82 valence electrons. The Bertz CT molecular complexity index is 305. The third-order valence-electron chi connectivity index (χ3n) is 2.77. The smallest absolute Gasteiger partial charge is 0.130 e. The summed E-state index contributed by atoms with van der Waals surface area (Å²) in [4.78, 5) is 6.98. The predicted molar refractivity (Wildman–Crippen MR) is 64.5 cm³/mol. The van der Waals surface area contributed by atoms with Gasteiger partial charge in [0.25, 0.3) is 0 Å². The molecule has 2 rings (SSSR count). The summed E-state index contributed by atoms with van der Waals surface area (Å²) in [6.07, 6.45) is 3.96. The lowest BCUT2D eigenvalue weighted by Crippen LogP contribution is -2.30. The number of hydrogen-bond donors (Lipinski definition) is 1. The summed E-state index contributed by atoms with van der Waals surface area (Å²) < 4.78 is 0. The van der Waals surface area contributed by atoms with Crippen molar-refractivity contribution < 1.29 is 0 Å². The molecule has 2 heterocycles. The number of piperidine rings is 1. The van der Waals surface area contributed by atoms with Crippen molar-refractivity contribution in [1.29, 1.82) is 0 Å². The monoisotopic (exact) mass is 205 g/mol. The van der Waals surface area contributed by atoms with Crippen LogP contribution in [0.15, 0.2) is 18.2 Å². The number of pyridine rings is 1. The lowest BCUT2D eigenvalue weighted by Gasteiger charge is -2.27. The van der Waals surface area contributed by atoms with E-state index in [4.69, 9.17) is 0 Å². The highest BCUT2D eigenvalue weighted by Gasteiger charge is 2.11. The van der Waals surface area contributed by atoms with Crippen LogP contribution in [0.5, 0.6) is 0 Å². The van der Waals surface area contributed by atoms with Gasteiger partial charge in [-0.2, -0.15) is 0 Å². The van der Waals surface area contributed by atoms with E-state index in [-0.39, 0.29) is 0 Å². The zero-order chi connectivity index (χ0) is 10.5. The van der Waals surface area contributed by atoms with E-state index in [0.29, 0.717) is 0 Å². The molecule has 0 aliphatic carbocycles. The summed E-state index contributed by atoms with van der Waals surface area (Å²) in [5.41, 5.74) is 0. The second-order valence-electron chi connectivity index (χ2n) is 3.96. The molecular formula is C12H19N3. The van der Waals surface area contributed by atoms with E-state index >= 15 is 0 Å². The Morgan fingerprint density at radius 2 is 2.07 bits per heavy atom. The Labute approximate surface area is 91.5 Å². The average molecular weight is 205 g/mol. The minimum absolute atomic E-state index is 0.927. The average Bonchev–Trinajstić information content (AvgIpc) is 2.31. The van der Waals surface area contributed by atoms with E-state index in [1.807, 2.05) is 6.07 Å². The minimum atomic E-state index is 0.927. The summed E-state index contributed by atoms with van der Waals surface area (Å²) in [7, 11) is 0. The fourth-order valence-corrected chi connectivity index (χ4v) is 2.00. The molecule has 0 atom stereocenters. The quantitative estimate of drug-likeness (QED) is 0.821. The van der Waals surface area contributed by atoms with Gasteiger partial charge in [0, 0.05) is 19.6 Å². The van der Waals surface area contributed by atoms with Gasteiger partial charge in [-0.25, -0.2) is 4.98 Å². The van der Waals surface area contributed by atoms with Crippen molar-refractivity contribution in [3.63, 3.8) is 0 Å². The van der Waals surface area contributed by atoms with Crippen molar-refractivity contribution in [3.8, 4) is 0 Å². The van der Waals surface area contributed by atoms with Crippen molar-refractivity contribution in [2.75, 3.05) is 29.9 Å².